The number of rotatable bonds is 10. The molecule has 3 aromatic heterocycles. The summed E-state index contributed by atoms with van der Waals surface area (Å²) >= 11 is 0. The summed E-state index contributed by atoms with van der Waals surface area (Å²) in [6.07, 6.45) is 4.91. The summed E-state index contributed by atoms with van der Waals surface area (Å²) in [4.78, 5) is 31.4. The van der Waals surface area contributed by atoms with Crippen LogP contribution in [-0.2, 0) is 4.74 Å². The lowest BCUT2D eigenvalue weighted by atomic mass is 9.81. The van der Waals surface area contributed by atoms with Gasteiger partial charge in [-0.3, -0.25) is 9.48 Å². The maximum absolute atomic E-state index is 15.1. The lowest BCUT2D eigenvalue weighted by molar-refractivity contribution is -0.0542. The SMILES string of the molecule is [2H]C1([2H])NC(=O)N(C(COC2CC2)c2cnn3cc(C(NC(=O)c4ccnn4C(C)C)C4CCC(F)(F)CC4)nc3c2)C([2H])([2H])C1(F)F. The van der Waals surface area contributed by atoms with Crippen LogP contribution in [0.15, 0.2) is 30.7 Å². The van der Waals surface area contributed by atoms with E-state index in [1.165, 1.54) is 33.9 Å². The Hall–Kier alpha value is -3.75. The molecule has 0 aromatic carbocycles. The lowest BCUT2D eigenvalue weighted by Crippen LogP contribution is -2.58. The van der Waals surface area contributed by atoms with Gasteiger partial charge in [-0.25, -0.2) is 31.9 Å². The number of fused-ring (bicyclic) bond motifs is 1. The Morgan fingerprint density at radius 2 is 1.93 bits per heavy atom. The molecule has 0 bridgehead atoms. The largest absolute Gasteiger partial charge is 0.376 e. The molecule has 2 saturated carbocycles. The highest BCUT2D eigenvalue weighted by molar-refractivity contribution is 5.92. The van der Waals surface area contributed by atoms with E-state index in [0.717, 1.165) is 0 Å². The predicted molar refractivity (Wildman–Crippen MR) is 149 cm³/mol. The molecule has 3 aromatic rings. The molecule has 3 fully saturated rings. The Bertz CT molecular complexity index is 1690. The molecule has 15 heteroatoms. The Balaban J connectivity index is 1.36. The minimum absolute atomic E-state index is 0.0799. The van der Waals surface area contributed by atoms with E-state index in [4.69, 9.17) is 10.2 Å². The predicted octanol–water partition coefficient (Wildman–Crippen LogP) is 4.68. The number of nitrogens with zero attached hydrogens (tertiary/aromatic N) is 6. The van der Waals surface area contributed by atoms with Crippen molar-refractivity contribution in [3.8, 4) is 0 Å². The number of amides is 3. The average Bonchev–Trinajstić information content (AvgIpc) is 3.51. The van der Waals surface area contributed by atoms with E-state index in [9.17, 15) is 18.4 Å². The van der Waals surface area contributed by atoms with Gasteiger partial charge in [-0.1, -0.05) is 0 Å². The third-order valence-corrected chi connectivity index (χ3v) is 8.11. The molecular weight excluding hydrogens is 584 g/mol. The second-order valence-corrected chi connectivity index (χ2v) is 11.8. The molecule has 3 amide bonds. The zero-order valence-corrected chi connectivity index (χ0v) is 24.1. The highest BCUT2D eigenvalue weighted by atomic mass is 19.3. The van der Waals surface area contributed by atoms with Crippen LogP contribution in [0.2, 0.25) is 0 Å². The fourth-order valence-corrected chi connectivity index (χ4v) is 5.62. The Labute approximate surface area is 256 Å². The first-order valence-electron chi connectivity index (χ1n) is 16.6. The fraction of sp³-hybridized carbons (Fsp3) is 0.621. The van der Waals surface area contributed by atoms with Gasteiger partial charge in [0.2, 0.25) is 5.92 Å². The average molecular weight is 625 g/mol. The van der Waals surface area contributed by atoms with Gasteiger partial charge >= 0.3 is 6.03 Å². The molecule has 1 aliphatic heterocycles. The Morgan fingerprint density at radius 3 is 2.64 bits per heavy atom. The normalized spacial score (nSPS) is 25.4. The molecule has 2 N–H and O–H groups in total. The van der Waals surface area contributed by atoms with Crippen molar-refractivity contribution in [3.63, 3.8) is 0 Å². The van der Waals surface area contributed by atoms with Crippen LogP contribution in [0.25, 0.3) is 5.65 Å². The summed E-state index contributed by atoms with van der Waals surface area (Å²) in [6.45, 7) is -4.11. The number of carbonyl (C=O) groups excluding carboxylic acids is 2. The molecule has 0 radical (unpaired) electrons. The fourth-order valence-electron chi connectivity index (χ4n) is 5.62. The summed E-state index contributed by atoms with van der Waals surface area (Å²) in [6, 6.07) is -0.855. The van der Waals surface area contributed by atoms with Gasteiger partial charge in [0.05, 0.1) is 61.4 Å². The smallest absolute Gasteiger partial charge is 0.318 e. The number of hydrogen-bond acceptors (Lipinski definition) is 6. The summed E-state index contributed by atoms with van der Waals surface area (Å²) < 4.78 is 98.8. The topological polar surface area (TPSA) is 119 Å². The quantitative estimate of drug-likeness (QED) is 0.316. The van der Waals surface area contributed by atoms with Gasteiger partial charge in [0.25, 0.3) is 11.8 Å². The van der Waals surface area contributed by atoms with E-state index >= 15 is 8.78 Å². The monoisotopic (exact) mass is 624 g/mol. The number of alkyl halides is 4. The van der Waals surface area contributed by atoms with E-state index in [1.807, 2.05) is 13.8 Å². The van der Waals surface area contributed by atoms with Crippen molar-refractivity contribution in [1.29, 1.82) is 0 Å². The van der Waals surface area contributed by atoms with E-state index in [-0.39, 0.29) is 66.2 Å². The number of urea groups is 1. The van der Waals surface area contributed by atoms with Crippen LogP contribution in [0, 0.1) is 5.92 Å². The highest BCUT2D eigenvalue weighted by Crippen LogP contribution is 2.41. The summed E-state index contributed by atoms with van der Waals surface area (Å²) in [5.41, 5.74) is 0.798. The van der Waals surface area contributed by atoms with E-state index < -0.39 is 54.8 Å². The van der Waals surface area contributed by atoms with Crippen molar-refractivity contribution in [1.82, 2.24) is 39.9 Å². The molecule has 2 atom stereocenters. The van der Waals surface area contributed by atoms with Gasteiger partial charge in [0.1, 0.15) is 5.69 Å². The zero-order valence-electron chi connectivity index (χ0n) is 28.1. The number of halogens is 4. The number of nitrogens with one attached hydrogen (secondary N) is 2. The first kappa shape index (κ1) is 25.6. The van der Waals surface area contributed by atoms with Gasteiger partial charge in [0, 0.05) is 30.6 Å². The van der Waals surface area contributed by atoms with E-state index in [0.29, 0.717) is 18.5 Å². The van der Waals surface area contributed by atoms with Crippen LogP contribution in [-0.4, -0.2) is 78.8 Å². The van der Waals surface area contributed by atoms with Crippen LogP contribution in [0.4, 0.5) is 22.4 Å². The molecule has 44 heavy (non-hydrogen) atoms. The second-order valence-electron chi connectivity index (χ2n) is 11.8. The summed E-state index contributed by atoms with van der Waals surface area (Å²) in [5.74, 6) is -8.37. The van der Waals surface area contributed by atoms with Crippen molar-refractivity contribution < 1.29 is 37.4 Å². The Morgan fingerprint density at radius 1 is 1.18 bits per heavy atom. The van der Waals surface area contributed by atoms with Crippen LogP contribution < -0.4 is 10.6 Å². The molecule has 4 heterocycles. The minimum atomic E-state index is -4.66. The van der Waals surface area contributed by atoms with Gasteiger partial charge in [-0.15, -0.1) is 0 Å². The molecule has 1 saturated heterocycles. The van der Waals surface area contributed by atoms with Crippen molar-refractivity contribution >= 4 is 17.6 Å². The summed E-state index contributed by atoms with van der Waals surface area (Å²) in [7, 11) is 0. The Kier molecular flexibility index (Phi) is 6.76. The molecule has 2 unspecified atom stereocenters. The number of carbonyl (C=O) groups is 2. The molecule has 0 spiro atoms. The maximum atomic E-state index is 15.1. The van der Waals surface area contributed by atoms with Crippen LogP contribution in [0.1, 0.15) is 97.7 Å². The number of imidazole rings is 1. The van der Waals surface area contributed by atoms with Crippen LogP contribution in [0.3, 0.4) is 0 Å². The maximum Gasteiger partial charge on any atom is 0.318 e. The van der Waals surface area contributed by atoms with Crippen molar-refractivity contribution in [2.75, 3.05) is 19.6 Å². The van der Waals surface area contributed by atoms with Gasteiger partial charge < -0.3 is 20.3 Å². The number of hydrogen-bond donors (Lipinski definition) is 2. The van der Waals surface area contributed by atoms with Crippen molar-refractivity contribution in [2.24, 2.45) is 5.92 Å². The second kappa shape index (κ2) is 11.6. The van der Waals surface area contributed by atoms with Gasteiger partial charge in [0.15, 0.2) is 5.65 Å². The molecule has 238 valence electrons. The molecule has 11 nitrogen and oxygen atoms in total. The molecule has 3 aliphatic rings. The van der Waals surface area contributed by atoms with Crippen LogP contribution >= 0.6 is 0 Å². The number of ether oxygens (including phenoxy) is 1. The third kappa shape index (κ3) is 6.52. The zero-order chi connectivity index (χ0) is 34.8. The van der Waals surface area contributed by atoms with Gasteiger partial charge in [-0.05, 0) is 57.6 Å². The third-order valence-electron chi connectivity index (χ3n) is 8.11. The minimum Gasteiger partial charge on any atom is -0.376 e. The van der Waals surface area contributed by atoms with Crippen LogP contribution in [0.5, 0.6) is 0 Å². The molecule has 2 aliphatic carbocycles. The van der Waals surface area contributed by atoms with Crippen molar-refractivity contribution in [3.05, 3.63) is 47.7 Å². The first-order chi connectivity index (χ1) is 22.4. The van der Waals surface area contributed by atoms with Gasteiger partial charge in [-0.2, -0.15) is 10.2 Å². The molecular formula is C29H36F4N8O3. The number of aromatic nitrogens is 5. The summed E-state index contributed by atoms with van der Waals surface area (Å²) in [5, 5.41) is 13.1. The molecule has 6 rings (SSSR count). The van der Waals surface area contributed by atoms with E-state index in [2.05, 4.69) is 20.5 Å². The lowest BCUT2D eigenvalue weighted by Gasteiger charge is -2.38. The standard InChI is InChI=1S/C29H36F4N8O3/c1-17(2)41-22(7-10-35-41)26(42)38-25(18-5-8-28(30,31)9-6-18)21-13-40-24(37-21)11-19(12-36-40)23(14-44-20-3-4-20)39-16-29(32,33)15-34-27(39)43/h7,10-13,17-18,20,23,25H,3-6,8-9,14-16H2,1-2H3,(H,34,43)(H,38,42)/i15D2,16D2. The first-order valence-corrected chi connectivity index (χ1v) is 14.6. The van der Waals surface area contributed by atoms with Crippen molar-refractivity contribution in [2.45, 2.75) is 88.4 Å². The highest BCUT2D eigenvalue weighted by Gasteiger charge is 2.43. The van der Waals surface area contributed by atoms with E-state index in [1.54, 1.807) is 11.4 Å².